The average molecular weight is 278 g/mol. The van der Waals surface area contributed by atoms with E-state index in [4.69, 9.17) is 0 Å². The van der Waals surface area contributed by atoms with Gasteiger partial charge in [-0.2, -0.15) is 0 Å². The van der Waals surface area contributed by atoms with Crippen LogP contribution in [0, 0.1) is 12.7 Å². The second-order valence-corrected chi connectivity index (χ2v) is 6.08. The molecule has 2 aliphatic heterocycles. The highest BCUT2D eigenvalue weighted by molar-refractivity contribution is 5.38. The van der Waals surface area contributed by atoms with Crippen LogP contribution in [0.1, 0.15) is 50.0 Å². The van der Waals surface area contributed by atoms with E-state index in [1.165, 1.54) is 12.8 Å². The van der Waals surface area contributed by atoms with E-state index in [0.717, 1.165) is 18.7 Å². The van der Waals surface area contributed by atoms with E-state index in [0.29, 0.717) is 36.1 Å². The predicted molar refractivity (Wildman–Crippen MR) is 77.4 cm³/mol. The quantitative estimate of drug-likeness (QED) is 0.923. The minimum atomic E-state index is -0.313. The average Bonchev–Trinajstić information content (AvgIpc) is 2.66. The van der Waals surface area contributed by atoms with Crippen molar-refractivity contribution in [3.05, 3.63) is 17.3 Å². The lowest BCUT2D eigenvalue weighted by Crippen LogP contribution is -2.39. The van der Waals surface area contributed by atoms with E-state index in [9.17, 15) is 4.39 Å². The third-order valence-electron chi connectivity index (χ3n) is 4.84. The molecule has 1 N–H and O–H groups in total. The van der Waals surface area contributed by atoms with Gasteiger partial charge in [0, 0.05) is 24.5 Å². The molecule has 4 nitrogen and oxygen atoms in total. The molecule has 2 aliphatic rings. The van der Waals surface area contributed by atoms with Crippen LogP contribution in [-0.2, 0) is 0 Å². The Bertz CT molecular complexity index is 491. The fraction of sp³-hybridized carbons (Fsp3) is 0.733. The second-order valence-electron chi connectivity index (χ2n) is 6.08. The SMILES string of the molecule is CCNc1nc(C2CC3CCC(C2)N3C)nc(C)c1F. The zero-order chi connectivity index (χ0) is 14.3. The van der Waals surface area contributed by atoms with Crippen molar-refractivity contribution >= 4 is 5.82 Å². The molecule has 5 heteroatoms. The number of halogens is 1. The summed E-state index contributed by atoms with van der Waals surface area (Å²) < 4.78 is 14.0. The van der Waals surface area contributed by atoms with Gasteiger partial charge in [0.1, 0.15) is 5.82 Å². The van der Waals surface area contributed by atoms with Gasteiger partial charge < -0.3 is 10.2 Å². The number of nitrogens with zero attached hydrogens (tertiary/aromatic N) is 3. The first kappa shape index (κ1) is 13.7. The van der Waals surface area contributed by atoms with Crippen LogP contribution < -0.4 is 5.32 Å². The lowest BCUT2D eigenvalue weighted by atomic mass is 9.90. The highest BCUT2D eigenvalue weighted by atomic mass is 19.1. The molecular weight excluding hydrogens is 255 g/mol. The largest absolute Gasteiger partial charge is 0.368 e. The van der Waals surface area contributed by atoms with Gasteiger partial charge in [-0.1, -0.05) is 0 Å². The predicted octanol–water partition coefficient (Wildman–Crippen LogP) is 2.70. The minimum Gasteiger partial charge on any atom is -0.368 e. The topological polar surface area (TPSA) is 41.1 Å². The number of piperidine rings is 1. The maximum Gasteiger partial charge on any atom is 0.186 e. The van der Waals surface area contributed by atoms with E-state index >= 15 is 0 Å². The summed E-state index contributed by atoms with van der Waals surface area (Å²) in [4.78, 5) is 11.4. The Labute approximate surface area is 119 Å². The number of hydrogen-bond acceptors (Lipinski definition) is 4. The summed E-state index contributed by atoms with van der Waals surface area (Å²) in [6.45, 7) is 4.35. The molecule has 0 amide bonds. The summed E-state index contributed by atoms with van der Waals surface area (Å²) in [7, 11) is 2.22. The van der Waals surface area contributed by atoms with Gasteiger partial charge in [0.25, 0.3) is 0 Å². The van der Waals surface area contributed by atoms with Crippen molar-refractivity contribution < 1.29 is 4.39 Å². The van der Waals surface area contributed by atoms with Crippen molar-refractivity contribution in [3.63, 3.8) is 0 Å². The monoisotopic (exact) mass is 278 g/mol. The Balaban J connectivity index is 1.87. The summed E-state index contributed by atoms with van der Waals surface area (Å²) in [5, 5.41) is 3.01. The standard InChI is InChI=1S/C15H23FN4/c1-4-17-15-13(16)9(2)18-14(19-15)10-7-11-5-6-12(8-10)20(11)3/h10-12H,4-8H2,1-3H3,(H,17,18,19). The van der Waals surface area contributed by atoms with E-state index in [-0.39, 0.29) is 5.82 Å². The molecule has 3 heterocycles. The second kappa shape index (κ2) is 5.28. The van der Waals surface area contributed by atoms with Gasteiger partial charge in [-0.05, 0) is 46.6 Å². The molecule has 0 radical (unpaired) electrons. The Morgan fingerprint density at radius 1 is 1.25 bits per heavy atom. The Morgan fingerprint density at radius 3 is 2.50 bits per heavy atom. The highest BCUT2D eigenvalue weighted by Crippen LogP contribution is 2.41. The molecular formula is C15H23FN4. The van der Waals surface area contributed by atoms with Crippen LogP contribution in [0.3, 0.4) is 0 Å². The van der Waals surface area contributed by atoms with Crippen molar-refractivity contribution in [1.29, 1.82) is 0 Å². The normalized spacial score (nSPS) is 29.7. The molecule has 1 aromatic rings. The van der Waals surface area contributed by atoms with E-state index in [2.05, 4.69) is 27.2 Å². The van der Waals surface area contributed by atoms with Gasteiger partial charge in [0.15, 0.2) is 11.6 Å². The summed E-state index contributed by atoms with van der Waals surface area (Å²) in [5.74, 6) is 1.25. The van der Waals surface area contributed by atoms with Crippen LogP contribution in [-0.4, -0.2) is 40.5 Å². The van der Waals surface area contributed by atoms with Gasteiger partial charge in [-0.3, -0.25) is 0 Å². The fourth-order valence-corrected chi connectivity index (χ4v) is 3.67. The zero-order valence-electron chi connectivity index (χ0n) is 12.5. The maximum absolute atomic E-state index is 14.0. The molecule has 20 heavy (non-hydrogen) atoms. The molecule has 0 aromatic carbocycles. The number of aryl methyl sites for hydroxylation is 1. The number of anilines is 1. The molecule has 1 aromatic heterocycles. The highest BCUT2D eigenvalue weighted by Gasteiger charge is 2.40. The number of rotatable bonds is 3. The fourth-order valence-electron chi connectivity index (χ4n) is 3.67. The van der Waals surface area contributed by atoms with Crippen LogP contribution in [0.4, 0.5) is 10.2 Å². The van der Waals surface area contributed by atoms with Gasteiger partial charge >= 0.3 is 0 Å². The first-order valence-electron chi connectivity index (χ1n) is 7.60. The summed E-state index contributed by atoms with van der Waals surface area (Å²) in [6.07, 6.45) is 4.75. The Kier molecular flexibility index (Phi) is 3.63. The first-order valence-corrected chi connectivity index (χ1v) is 7.60. The number of nitrogens with one attached hydrogen (secondary N) is 1. The molecule has 2 fully saturated rings. The molecule has 2 bridgehead atoms. The zero-order valence-corrected chi connectivity index (χ0v) is 12.5. The maximum atomic E-state index is 14.0. The van der Waals surface area contributed by atoms with Crippen LogP contribution in [0.5, 0.6) is 0 Å². The van der Waals surface area contributed by atoms with Gasteiger partial charge in [0.05, 0.1) is 5.69 Å². The van der Waals surface area contributed by atoms with Crippen LogP contribution in [0.15, 0.2) is 0 Å². The number of aromatic nitrogens is 2. The third kappa shape index (κ3) is 2.28. The molecule has 2 atom stereocenters. The smallest absolute Gasteiger partial charge is 0.186 e. The van der Waals surface area contributed by atoms with Crippen LogP contribution >= 0.6 is 0 Å². The lowest BCUT2D eigenvalue weighted by Gasteiger charge is -2.35. The van der Waals surface area contributed by atoms with Crippen molar-refractivity contribution in [3.8, 4) is 0 Å². The van der Waals surface area contributed by atoms with E-state index in [1.807, 2.05) is 6.92 Å². The first-order chi connectivity index (χ1) is 9.60. The summed E-state index contributed by atoms with van der Waals surface area (Å²) in [6, 6.07) is 1.30. The molecule has 0 spiro atoms. The van der Waals surface area contributed by atoms with Crippen LogP contribution in [0.2, 0.25) is 0 Å². The van der Waals surface area contributed by atoms with Crippen molar-refractivity contribution in [2.75, 3.05) is 18.9 Å². The van der Waals surface area contributed by atoms with E-state index in [1.54, 1.807) is 6.92 Å². The van der Waals surface area contributed by atoms with Gasteiger partial charge in [-0.15, -0.1) is 0 Å². The summed E-state index contributed by atoms with van der Waals surface area (Å²) >= 11 is 0. The van der Waals surface area contributed by atoms with Crippen molar-refractivity contribution in [2.45, 2.75) is 57.5 Å². The number of fused-ring (bicyclic) bond motifs is 2. The Morgan fingerprint density at radius 2 is 1.90 bits per heavy atom. The Hall–Kier alpha value is -1.23. The summed E-state index contributed by atoms with van der Waals surface area (Å²) in [5.41, 5.74) is 0.456. The lowest BCUT2D eigenvalue weighted by molar-refractivity contribution is 0.158. The molecule has 110 valence electrons. The van der Waals surface area contributed by atoms with Gasteiger partial charge in [0.2, 0.25) is 0 Å². The molecule has 2 unspecified atom stereocenters. The van der Waals surface area contributed by atoms with Gasteiger partial charge in [-0.25, -0.2) is 14.4 Å². The molecule has 0 aliphatic carbocycles. The third-order valence-corrected chi connectivity index (χ3v) is 4.84. The molecule has 3 rings (SSSR count). The van der Waals surface area contributed by atoms with E-state index < -0.39 is 0 Å². The van der Waals surface area contributed by atoms with Crippen molar-refractivity contribution in [2.24, 2.45) is 0 Å². The van der Waals surface area contributed by atoms with Crippen LogP contribution in [0.25, 0.3) is 0 Å². The molecule has 2 saturated heterocycles. The molecule has 0 saturated carbocycles. The number of hydrogen-bond donors (Lipinski definition) is 1. The van der Waals surface area contributed by atoms with Crippen molar-refractivity contribution in [1.82, 2.24) is 14.9 Å². The minimum absolute atomic E-state index is 0.313.